The van der Waals surface area contributed by atoms with Crippen LogP contribution in [0.4, 0.5) is 22.0 Å². The molecule has 0 saturated heterocycles. The van der Waals surface area contributed by atoms with Gasteiger partial charge in [0.05, 0.1) is 5.92 Å². The molecule has 0 heterocycles. The molecule has 3 rings (SSSR count). The van der Waals surface area contributed by atoms with Gasteiger partial charge in [-0.3, -0.25) is 4.79 Å². The third-order valence-electron chi connectivity index (χ3n) is 5.20. The fourth-order valence-electron chi connectivity index (χ4n) is 3.64. The van der Waals surface area contributed by atoms with Crippen molar-refractivity contribution in [2.45, 2.75) is 31.9 Å². The van der Waals surface area contributed by atoms with Crippen LogP contribution in [-0.4, -0.2) is 23.9 Å². The molecule has 0 spiro atoms. The lowest BCUT2D eigenvalue weighted by Gasteiger charge is -2.20. The van der Waals surface area contributed by atoms with Gasteiger partial charge < -0.3 is 9.84 Å². The molecule has 1 aliphatic rings. The van der Waals surface area contributed by atoms with Crippen molar-refractivity contribution >= 4 is 23.1 Å². The Morgan fingerprint density at radius 2 is 1.77 bits per heavy atom. The number of rotatable bonds is 7. The number of hydrogen-bond donors (Lipinski definition) is 1. The van der Waals surface area contributed by atoms with Crippen molar-refractivity contribution in [3.63, 3.8) is 0 Å². The highest BCUT2D eigenvalue weighted by Crippen LogP contribution is 2.46. The zero-order valence-corrected chi connectivity index (χ0v) is 16.9. The number of hydrogen-bond acceptors (Lipinski definition) is 2. The van der Waals surface area contributed by atoms with Crippen LogP contribution in [0.5, 0.6) is 5.75 Å². The van der Waals surface area contributed by atoms with Crippen LogP contribution in [0.2, 0.25) is 5.02 Å². The molecule has 1 atom stereocenters. The lowest BCUT2D eigenvalue weighted by Crippen LogP contribution is -2.25. The summed E-state index contributed by atoms with van der Waals surface area (Å²) in [4.78, 5) is 10.6. The molecule has 1 unspecified atom stereocenters. The van der Waals surface area contributed by atoms with Crippen molar-refractivity contribution in [1.82, 2.24) is 0 Å². The van der Waals surface area contributed by atoms with Crippen molar-refractivity contribution in [1.29, 1.82) is 0 Å². The second kappa shape index (κ2) is 9.26. The summed E-state index contributed by atoms with van der Waals surface area (Å²) in [5, 5.41) is 9.11. The van der Waals surface area contributed by atoms with E-state index in [1.54, 1.807) is 24.3 Å². The maximum atomic E-state index is 14.4. The van der Waals surface area contributed by atoms with Gasteiger partial charge in [0.2, 0.25) is 5.82 Å². The number of ether oxygens (including phenoxy) is 1. The Morgan fingerprint density at radius 1 is 1.10 bits per heavy atom. The predicted molar refractivity (Wildman–Crippen MR) is 105 cm³/mol. The van der Waals surface area contributed by atoms with E-state index >= 15 is 0 Å². The standard InChI is InChI=1S/C22H18ClF5O3/c23-14-5-1-12(2-6-14)15-7-8-17(22(26,27)28)16(15)11-31-18-9-3-13(4-10-19(29)30)20(24)21(18)25/h1-3,5-6,9,17H,4,7-8,10-11H2,(H,29,30). The highest BCUT2D eigenvalue weighted by Gasteiger charge is 2.45. The van der Waals surface area contributed by atoms with Crippen molar-refractivity contribution in [2.75, 3.05) is 6.61 Å². The number of carbonyl (C=O) groups is 1. The molecule has 2 aromatic carbocycles. The minimum absolute atomic E-state index is 0.0374. The first kappa shape index (κ1) is 23.1. The average Bonchev–Trinajstić information content (AvgIpc) is 3.13. The van der Waals surface area contributed by atoms with Crippen molar-refractivity contribution in [2.24, 2.45) is 5.92 Å². The van der Waals surface area contributed by atoms with Crippen LogP contribution in [-0.2, 0) is 11.2 Å². The molecule has 2 aromatic rings. The van der Waals surface area contributed by atoms with Crippen LogP contribution >= 0.6 is 11.6 Å². The minimum Gasteiger partial charge on any atom is -0.486 e. The van der Waals surface area contributed by atoms with E-state index in [4.69, 9.17) is 21.4 Å². The lowest BCUT2D eigenvalue weighted by atomic mass is 9.98. The quantitative estimate of drug-likeness (QED) is 0.484. The third-order valence-corrected chi connectivity index (χ3v) is 5.45. The van der Waals surface area contributed by atoms with E-state index in [-0.39, 0.29) is 36.8 Å². The fourth-order valence-corrected chi connectivity index (χ4v) is 3.76. The van der Waals surface area contributed by atoms with E-state index in [0.717, 1.165) is 6.07 Å². The Balaban J connectivity index is 1.87. The molecule has 9 heteroatoms. The summed E-state index contributed by atoms with van der Waals surface area (Å²) in [7, 11) is 0. The normalized spacial score (nSPS) is 16.6. The van der Waals surface area contributed by atoms with Crippen LogP contribution in [0.15, 0.2) is 42.0 Å². The Labute approximate surface area is 180 Å². The monoisotopic (exact) mass is 460 g/mol. The van der Waals surface area contributed by atoms with E-state index < -0.39 is 42.1 Å². The maximum absolute atomic E-state index is 14.4. The summed E-state index contributed by atoms with van der Waals surface area (Å²) >= 11 is 5.85. The van der Waals surface area contributed by atoms with Crippen LogP contribution in [0, 0.1) is 17.6 Å². The van der Waals surface area contributed by atoms with Gasteiger partial charge in [0.25, 0.3) is 0 Å². The van der Waals surface area contributed by atoms with Crippen molar-refractivity contribution in [3.8, 4) is 5.75 Å². The first-order chi connectivity index (χ1) is 14.6. The molecule has 0 radical (unpaired) electrons. The number of carboxylic acids is 1. The number of alkyl halides is 3. The molecule has 1 N–H and O–H groups in total. The summed E-state index contributed by atoms with van der Waals surface area (Å²) < 4.78 is 74.5. The number of benzene rings is 2. The van der Waals surface area contributed by atoms with Gasteiger partial charge in [-0.05, 0) is 59.7 Å². The molecule has 166 valence electrons. The van der Waals surface area contributed by atoms with Gasteiger partial charge in [0, 0.05) is 11.4 Å². The molecule has 31 heavy (non-hydrogen) atoms. The number of aryl methyl sites for hydroxylation is 1. The predicted octanol–water partition coefficient (Wildman–Crippen LogP) is 6.44. The number of carboxylic acid groups (broad SMARTS) is 1. The second-order valence-electron chi connectivity index (χ2n) is 7.18. The lowest BCUT2D eigenvalue weighted by molar-refractivity contribution is -0.164. The maximum Gasteiger partial charge on any atom is 0.395 e. The summed E-state index contributed by atoms with van der Waals surface area (Å²) in [6.45, 7) is -0.563. The van der Waals surface area contributed by atoms with E-state index in [1.807, 2.05) is 0 Å². The summed E-state index contributed by atoms with van der Waals surface area (Å²) in [5.74, 6) is -6.09. The summed E-state index contributed by atoms with van der Waals surface area (Å²) in [5.41, 5.74) is 0.815. The smallest absolute Gasteiger partial charge is 0.395 e. The summed E-state index contributed by atoms with van der Waals surface area (Å²) in [6, 6.07) is 8.60. The average molecular weight is 461 g/mol. The Morgan fingerprint density at radius 3 is 2.39 bits per heavy atom. The summed E-state index contributed by atoms with van der Waals surface area (Å²) in [6.07, 6.45) is -5.11. The number of aliphatic carboxylic acids is 1. The fraction of sp³-hybridized carbons (Fsp3) is 0.318. The first-order valence-electron chi connectivity index (χ1n) is 9.44. The molecular weight excluding hydrogens is 443 g/mol. The van der Waals surface area contributed by atoms with Crippen LogP contribution < -0.4 is 4.74 Å². The van der Waals surface area contributed by atoms with E-state index in [9.17, 15) is 26.7 Å². The SMILES string of the molecule is O=C(O)CCc1ccc(OCC2=C(c3ccc(Cl)cc3)CCC2C(F)(F)F)c(F)c1F. The third kappa shape index (κ3) is 5.36. The van der Waals surface area contributed by atoms with Crippen LogP contribution in [0.3, 0.4) is 0 Å². The zero-order chi connectivity index (χ0) is 22.8. The molecule has 1 aliphatic carbocycles. The van der Waals surface area contributed by atoms with Gasteiger partial charge in [-0.25, -0.2) is 4.39 Å². The van der Waals surface area contributed by atoms with E-state index in [2.05, 4.69) is 0 Å². The first-order valence-corrected chi connectivity index (χ1v) is 9.81. The molecule has 0 bridgehead atoms. The van der Waals surface area contributed by atoms with E-state index in [0.29, 0.717) is 16.2 Å². The molecule has 0 aromatic heterocycles. The van der Waals surface area contributed by atoms with Gasteiger partial charge in [0.1, 0.15) is 6.61 Å². The van der Waals surface area contributed by atoms with Crippen molar-refractivity contribution < 1.29 is 36.6 Å². The number of allylic oxidation sites excluding steroid dienone is 1. The highest BCUT2D eigenvalue weighted by atomic mass is 35.5. The van der Waals surface area contributed by atoms with Crippen molar-refractivity contribution in [3.05, 3.63) is 69.8 Å². The van der Waals surface area contributed by atoms with Gasteiger partial charge in [-0.1, -0.05) is 29.8 Å². The molecular formula is C22H18ClF5O3. The van der Waals surface area contributed by atoms with Gasteiger partial charge in [-0.15, -0.1) is 0 Å². The minimum atomic E-state index is -4.50. The number of halogens is 6. The highest BCUT2D eigenvalue weighted by molar-refractivity contribution is 6.30. The largest absolute Gasteiger partial charge is 0.486 e. The molecule has 0 saturated carbocycles. The Bertz CT molecular complexity index is 999. The molecule has 0 aliphatic heterocycles. The second-order valence-corrected chi connectivity index (χ2v) is 7.61. The van der Waals surface area contributed by atoms with Gasteiger partial charge in [-0.2, -0.15) is 17.6 Å². The topological polar surface area (TPSA) is 46.5 Å². The Hall–Kier alpha value is -2.61. The van der Waals surface area contributed by atoms with Gasteiger partial charge in [0.15, 0.2) is 11.6 Å². The molecule has 0 fully saturated rings. The molecule has 0 amide bonds. The van der Waals surface area contributed by atoms with E-state index in [1.165, 1.54) is 6.07 Å². The van der Waals surface area contributed by atoms with Crippen LogP contribution in [0.25, 0.3) is 5.57 Å². The zero-order valence-electron chi connectivity index (χ0n) is 16.1. The Kier molecular flexibility index (Phi) is 6.89. The van der Waals surface area contributed by atoms with Gasteiger partial charge >= 0.3 is 12.1 Å². The van der Waals surface area contributed by atoms with Crippen LogP contribution in [0.1, 0.15) is 30.4 Å². The molecule has 3 nitrogen and oxygen atoms in total.